The van der Waals surface area contributed by atoms with Crippen LogP contribution in [-0.2, 0) is 4.79 Å². The van der Waals surface area contributed by atoms with E-state index in [9.17, 15) is 9.90 Å². The number of aldehydes is 1. The Morgan fingerprint density at radius 3 is 2.18 bits per heavy atom. The highest BCUT2D eigenvalue weighted by molar-refractivity contribution is 5.64. The second-order valence-corrected chi connectivity index (χ2v) is 3.11. The van der Waals surface area contributed by atoms with E-state index in [1.165, 1.54) is 6.08 Å². The molecule has 0 saturated heterocycles. The van der Waals surface area contributed by atoms with Crippen LogP contribution in [0.5, 0.6) is 0 Å². The van der Waals surface area contributed by atoms with Crippen LogP contribution in [0.4, 0.5) is 0 Å². The molecule has 0 amide bonds. The summed E-state index contributed by atoms with van der Waals surface area (Å²) in [5.74, 6) is 0.293. The first-order chi connectivity index (χ1) is 5.09. The van der Waals surface area contributed by atoms with E-state index in [1.54, 1.807) is 6.08 Å². The molecule has 2 atom stereocenters. The fourth-order valence-electron chi connectivity index (χ4n) is 0.942. The number of hydrogen-bond acceptors (Lipinski definition) is 2. The van der Waals surface area contributed by atoms with Gasteiger partial charge in [0.2, 0.25) is 0 Å². The minimum Gasteiger partial charge on any atom is -0.392 e. The Hall–Kier alpha value is -0.630. The SMILES string of the molecule is CC(C)C(O)C(C)C=CC=O. The molecule has 0 aliphatic rings. The smallest absolute Gasteiger partial charge is 0.142 e. The van der Waals surface area contributed by atoms with Gasteiger partial charge in [0.25, 0.3) is 0 Å². The highest BCUT2D eigenvalue weighted by atomic mass is 16.3. The molecular formula is C9H16O2. The molecule has 0 bridgehead atoms. The third-order valence-electron chi connectivity index (χ3n) is 1.71. The summed E-state index contributed by atoms with van der Waals surface area (Å²) in [7, 11) is 0. The first kappa shape index (κ1) is 10.4. The Morgan fingerprint density at radius 1 is 1.27 bits per heavy atom. The molecule has 0 heterocycles. The van der Waals surface area contributed by atoms with E-state index >= 15 is 0 Å². The molecule has 0 spiro atoms. The van der Waals surface area contributed by atoms with E-state index in [0.717, 1.165) is 6.29 Å². The number of aliphatic hydroxyl groups is 1. The van der Waals surface area contributed by atoms with Gasteiger partial charge in [0, 0.05) is 5.92 Å². The van der Waals surface area contributed by atoms with Gasteiger partial charge in [-0.2, -0.15) is 0 Å². The highest BCUT2D eigenvalue weighted by Gasteiger charge is 2.14. The molecule has 2 unspecified atom stereocenters. The summed E-state index contributed by atoms with van der Waals surface area (Å²) < 4.78 is 0. The average molecular weight is 156 g/mol. The standard InChI is InChI=1S/C9H16O2/c1-7(2)9(11)8(3)5-4-6-10/h4-9,11H,1-3H3. The van der Waals surface area contributed by atoms with Crippen LogP contribution in [0.2, 0.25) is 0 Å². The molecule has 0 aliphatic carbocycles. The largest absolute Gasteiger partial charge is 0.392 e. The van der Waals surface area contributed by atoms with E-state index in [2.05, 4.69) is 0 Å². The van der Waals surface area contributed by atoms with Crippen molar-refractivity contribution in [2.45, 2.75) is 26.9 Å². The Labute approximate surface area is 67.9 Å². The van der Waals surface area contributed by atoms with Crippen LogP contribution in [-0.4, -0.2) is 17.5 Å². The molecule has 0 saturated carbocycles. The van der Waals surface area contributed by atoms with Crippen molar-refractivity contribution in [2.24, 2.45) is 11.8 Å². The van der Waals surface area contributed by atoms with Crippen molar-refractivity contribution in [3.63, 3.8) is 0 Å². The van der Waals surface area contributed by atoms with Gasteiger partial charge >= 0.3 is 0 Å². The van der Waals surface area contributed by atoms with Gasteiger partial charge in [0.1, 0.15) is 6.29 Å². The van der Waals surface area contributed by atoms with Gasteiger partial charge in [-0.3, -0.25) is 4.79 Å². The molecular weight excluding hydrogens is 140 g/mol. The van der Waals surface area contributed by atoms with Crippen molar-refractivity contribution >= 4 is 6.29 Å². The quantitative estimate of drug-likeness (QED) is 0.493. The third kappa shape index (κ3) is 3.94. The van der Waals surface area contributed by atoms with Crippen molar-refractivity contribution in [1.82, 2.24) is 0 Å². The lowest BCUT2D eigenvalue weighted by atomic mass is 9.95. The van der Waals surface area contributed by atoms with Crippen LogP contribution in [0.3, 0.4) is 0 Å². The fourth-order valence-corrected chi connectivity index (χ4v) is 0.942. The number of rotatable bonds is 4. The van der Waals surface area contributed by atoms with Crippen LogP contribution in [0.25, 0.3) is 0 Å². The zero-order valence-electron chi connectivity index (χ0n) is 7.32. The van der Waals surface area contributed by atoms with Crippen LogP contribution < -0.4 is 0 Å². The molecule has 0 radical (unpaired) electrons. The summed E-state index contributed by atoms with van der Waals surface area (Å²) in [5, 5.41) is 9.45. The first-order valence-electron chi connectivity index (χ1n) is 3.89. The number of carbonyl (C=O) groups is 1. The monoisotopic (exact) mass is 156 g/mol. The number of hydrogen-bond donors (Lipinski definition) is 1. The molecule has 11 heavy (non-hydrogen) atoms. The normalized spacial score (nSPS) is 17.2. The van der Waals surface area contributed by atoms with Crippen molar-refractivity contribution in [1.29, 1.82) is 0 Å². The molecule has 0 fully saturated rings. The maximum absolute atomic E-state index is 9.93. The topological polar surface area (TPSA) is 37.3 Å². The maximum Gasteiger partial charge on any atom is 0.142 e. The summed E-state index contributed by atoms with van der Waals surface area (Å²) >= 11 is 0. The lowest BCUT2D eigenvalue weighted by Crippen LogP contribution is -2.21. The Bertz CT molecular complexity index is 138. The van der Waals surface area contributed by atoms with E-state index in [-0.39, 0.29) is 17.9 Å². The lowest BCUT2D eigenvalue weighted by Gasteiger charge is -2.18. The van der Waals surface area contributed by atoms with Crippen LogP contribution in [0, 0.1) is 11.8 Å². The maximum atomic E-state index is 9.93. The van der Waals surface area contributed by atoms with Gasteiger partial charge < -0.3 is 5.11 Å². The zero-order chi connectivity index (χ0) is 8.85. The predicted molar refractivity (Wildman–Crippen MR) is 45.2 cm³/mol. The summed E-state index contributed by atoms with van der Waals surface area (Å²) in [5.41, 5.74) is 0. The highest BCUT2D eigenvalue weighted by Crippen LogP contribution is 2.12. The average Bonchev–Trinajstić information content (AvgIpc) is 1.98. The Balaban J connectivity index is 3.91. The number of allylic oxidation sites excluding steroid dienone is 1. The fraction of sp³-hybridized carbons (Fsp3) is 0.667. The predicted octanol–water partition coefficient (Wildman–Crippen LogP) is 1.39. The van der Waals surface area contributed by atoms with Crippen molar-refractivity contribution in [2.75, 3.05) is 0 Å². The minimum absolute atomic E-state index is 0.0557. The zero-order valence-corrected chi connectivity index (χ0v) is 7.32. The second-order valence-electron chi connectivity index (χ2n) is 3.11. The molecule has 0 aromatic carbocycles. The Morgan fingerprint density at radius 2 is 1.82 bits per heavy atom. The van der Waals surface area contributed by atoms with E-state index in [4.69, 9.17) is 0 Å². The van der Waals surface area contributed by atoms with Gasteiger partial charge in [-0.05, 0) is 12.0 Å². The molecule has 2 nitrogen and oxygen atoms in total. The van der Waals surface area contributed by atoms with Gasteiger partial charge in [0.15, 0.2) is 0 Å². The Kier molecular flexibility index (Phi) is 4.79. The van der Waals surface area contributed by atoms with E-state index in [1.807, 2.05) is 20.8 Å². The molecule has 2 heteroatoms. The minimum atomic E-state index is -0.355. The van der Waals surface area contributed by atoms with E-state index < -0.39 is 0 Å². The van der Waals surface area contributed by atoms with Gasteiger partial charge in [0.05, 0.1) is 6.10 Å². The summed E-state index contributed by atoms with van der Waals surface area (Å²) in [6, 6.07) is 0. The van der Waals surface area contributed by atoms with Crippen LogP contribution in [0.15, 0.2) is 12.2 Å². The molecule has 64 valence electrons. The molecule has 0 aromatic heterocycles. The lowest BCUT2D eigenvalue weighted by molar-refractivity contribution is -0.104. The number of aliphatic hydroxyl groups excluding tert-OH is 1. The van der Waals surface area contributed by atoms with Crippen molar-refractivity contribution < 1.29 is 9.90 Å². The van der Waals surface area contributed by atoms with Crippen molar-refractivity contribution in [3.05, 3.63) is 12.2 Å². The molecule has 0 aromatic rings. The molecule has 0 rings (SSSR count). The second kappa shape index (κ2) is 5.08. The molecule has 1 N–H and O–H groups in total. The molecule has 0 aliphatic heterocycles. The van der Waals surface area contributed by atoms with Gasteiger partial charge in [-0.1, -0.05) is 26.8 Å². The third-order valence-corrected chi connectivity index (χ3v) is 1.71. The van der Waals surface area contributed by atoms with E-state index in [0.29, 0.717) is 0 Å². The van der Waals surface area contributed by atoms with Gasteiger partial charge in [-0.25, -0.2) is 0 Å². The summed E-state index contributed by atoms with van der Waals surface area (Å²) in [4.78, 5) is 9.93. The van der Waals surface area contributed by atoms with Crippen molar-refractivity contribution in [3.8, 4) is 0 Å². The van der Waals surface area contributed by atoms with Crippen LogP contribution >= 0.6 is 0 Å². The number of carbonyl (C=O) groups excluding carboxylic acids is 1. The van der Waals surface area contributed by atoms with Gasteiger partial charge in [-0.15, -0.1) is 0 Å². The van der Waals surface area contributed by atoms with Crippen LogP contribution in [0.1, 0.15) is 20.8 Å². The summed E-state index contributed by atoms with van der Waals surface area (Å²) in [6.45, 7) is 5.80. The first-order valence-corrected chi connectivity index (χ1v) is 3.89. The summed E-state index contributed by atoms with van der Waals surface area (Å²) in [6.07, 6.45) is 3.52.